The van der Waals surface area contributed by atoms with Gasteiger partial charge in [-0.1, -0.05) is 31.8 Å². The van der Waals surface area contributed by atoms with E-state index in [2.05, 4.69) is 19.1 Å². The quantitative estimate of drug-likeness (QED) is 0.252. The van der Waals surface area contributed by atoms with Gasteiger partial charge in [-0.05, 0) is 57.4 Å². The molecule has 1 aromatic carbocycles. The number of nitrogens with two attached hydrogens (primary N) is 1. The summed E-state index contributed by atoms with van der Waals surface area (Å²) in [5.41, 5.74) is 6.96. The Hall–Kier alpha value is -2.30. The van der Waals surface area contributed by atoms with Gasteiger partial charge in [0, 0.05) is 17.5 Å². The number of amidine groups is 1. The van der Waals surface area contributed by atoms with Gasteiger partial charge >= 0.3 is 5.97 Å². The first kappa shape index (κ1) is 21.0. The van der Waals surface area contributed by atoms with Crippen molar-refractivity contribution in [3.05, 3.63) is 35.4 Å². The van der Waals surface area contributed by atoms with Crippen LogP contribution in [0.5, 0.6) is 5.75 Å². The lowest BCUT2D eigenvalue weighted by Gasteiger charge is -2.32. The molecule has 0 aliphatic carbocycles. The van der Waals surface area contributed by atoms with Gasteiger partial charge in [0.05, 0.1) is 6.61 Å². The van der Waals surface area contributed by atoms with Crippen LogP contribution in [-0.4, -0.2) is 24.0 Å². The van der Waals surface area contributed by atoms with E-state index in [0.29, 0.717) is 18.6 Å². The molecule has 0 bridgehead atoms. The highest BCUT2D eigenvalue weighted by atomic mass is 16.5. The molecule has 0 aromatic heterocycles. The summed E-state index contributed by atoms with van der Waals surface area (Å²) < 4.78 is 11.1. The molecule has 1 unspecified atom stereocenters. The van der Waals surface area contributed by atoms with Crippen LogP contribution in [0.15, 0.2) is 24.3 Å². The maximum atomic E-state index is 11.3. The smallest absolute Gasteiger partial charge is 0.305 e. The Morgan fingerprint density at radius 2 is 1.89 bits per heavy atom. The van der Waals surface area contributed by atoms with E-state index in [-0.39, 0.29) is 17.4 Å². The number of hydrogen-bond donors (Lipinski definition) is 2. The molecule has 0 radical (unpaired) electrons. The van der Waals surface area contributed by atoms with Gasteiger partial charge in [0.15, 0.2) is 0 Å². The van der Waals surface area contributed by atoms with Crippen LogP contribution in [-0.2, 0) is 9.53 Å². The van der Waals surface area contributed by atoms with Crippen molar-refractivity contribution in [1.29, 1.82) is 5.41 Å². The summed E-state index contributed by atoms with van der Waals surface area (Å²) in [5.74, 6) is 0.841. The molecule has 0 saturated carbocycles. The largest absolute Gasteiger partial charge is 0.483 e. The molecule has 1 heterocycles. The van der Waals surface area contributed by atoms with E-state index in [9.17, 15) is 4.79 Å². The molecular weight excluding hydrogens is 340 g/mol. The molecule has 0 amide bonds. The van der Waals surface area contributed by atoms with E-state index in [1.54, 1.807) is 0 Å². The van der Waals surface area contributed by atoms with Gasteiger partial charge in [-0.2, -0.15) is 0 Å². The molecular formula is C22H32N2O3. The molecule has 1 aromatic rings. The number of hydrogen-bond acceptors (Lipinski definition) is 4. The number of esters is 1. The fourth-order valence-corrected chi connectivity index (χ4v) is 3.31. The number of nitrogens with one attached hydrogen (secondary N) is 1. The first-order valence-electron chi connectivity index (χ1n) is 9.96. The molecule has 3 N–H and O–H groups in total. The van der Waals surface area contributed by atoms with Crippen LogP contribution >= 0.6 is 0 Å². The molecule has 1 atom stereocenters. The molecule has 1 aliphatic heterocycles. The topological polar surface area (TPSA) is 85.4 Å². The van der Waals surface area contributed by atoms with Crippen molar-refractivity contribution in [2.75, 3.05) is 6.61 Å². The van der Waals surface area contributed by atoms with Gasteiger partial charge < -0.3 is 15.2 Å². The summed E-state index contributed by atoms with van der Waals surface area (Å²) in [4.78, 5) is 11.3. The number of fused-ring (bicyclic) bond motifs is 1. The Bertz CT molecular complexity index is 684. The lowest BCUT2D eigenvalue weighted by atomic mass is 9.93. The summed E-state index contributed by atoms with van der Waals surface area (Å²) in [6.45, 7) is 4.42. The molecule has 2 rings (SSSR count). The third-order valence-electron chi connectivity index (χ3n) is 4.89. The maximum absolute atomic E-state index is 11.3. The normalized spacial score (nSPS) is 17.9. The Kier molecular flexibility index (Phi) is 7.89. The number of benzene rings is 1. The highest BCUT2D eigenvalue weighted by Gasteiger charge is 2.26. The number of unbranched alkanes of at least 4 members (excludes halogenated alkanes) is 5. The van der Waals surface area contributed by atoms with Gasteiger partial charge in [-0.3, -0.25) is 10.2 Å². The summed E-state index contributed by atoms with van der Waals surface area (Å²) in [6.07, 6.45) is 12.3. The predicted octanol–water partition coefficient (Wildman–Crippen LogP) is 4.82. The number of rotatable bonds is 11. The number of carbonyl (C=O) groups excluding carboxylic acids is 1. The summed E-state index contributed by atoms with van der Waals surface area (Å²) in [7, 11) is 0. The van der Waals surface area contributed by atoms with Crippen LogP contribution in [0.1, 0.15) is 76.3 Å². The van der Waals surface area contributed by atoms with Gasteiger partial charge in [0.1, 0.15) is 17.2 Å². The third kappa shape index (κ3) is 6.74. The molecule has 5 heteroatoms. The summed E-state index contributed by atoms with van der Waals surface area (Å²) >= 11 is 0. The van der Waals surface area contributed by atoms with E-state index >= 15 is 0 Å². The van der Waals surface area contributed by atoms with E-state index in [4.69, 9.17) is 20.6 Å². The molecule has 27 heavy (non-hydrogen) atoms. The van der Waals surface area contributed by atoms with Crippen molar-refractivity contribution >= 4 is 17.9 Å². The van der Waals surface area contributed by atoms with Crippen molar-refractivity contribution < 1.29 is 14.3 Å². The van der Waals surface area contributed by atoms with E-state index in [1.165, 1.54) is 12.8 Å². The Balaban J connectivity index is 1.66. The monoisotopic (exact) mass is 372 g/mol. The van der Waals surface area contributed by atoms with Crippen LogP contribution in [0.25, 0.3) is 6.08 Å². The average Bonchev–Trinajstić information content (AvgIpc) is 2.63. The van der Waals surface area contributed by atoms with Crippen LogP contribution in [0.4, 0.5) is 0 Å². The van der Waals surface area contributed by atoms with Crippen molar-refractivity contribution in [3.8, 4) is 5.75 Å². The molecule has 5 nitrogen and oxygen atoms in total. The van der Waals surface area contributed by atoms with Crippen molar-refractivity contribution in [2.24, 2.45) is 5.73 Å². The van der Waals surface area contributed by atoms with E-state index < -0.39 is 0 Å². The van der Waals surface area contributed by atoms with E-state index in [1.807, 2.05) is 25.1 Å². The summed E-state index contributed by atoms with van der Waals surface area (Å²) in [5, 5.41) is 7.53. The zero-order valence-corrected chi connectivity index (χ0v) is 16.6. The van der Waals surface area contributed by atoms with Crippen molar-refractivity contribution in [2.45, 2.75) is 70.8 Å². The maximum Gasteiger partial charge on any atom is 0.305 e. The Morgan fingerprint density at radius 1 is 1.19 bits per heavy atom. The molecule has 148 valence electrons. The fourth-order valence-electron chi connectivity index (χ4n) is 3.31. The first-order chi connectivity index (χ1) is 12.9. The molecule has 1 aliphatic rings. The second-order valence-corrected chi connectivity index (χ2v) is 7.34. The van der Waals surface area contributed by atoms with Crippen LogP contribution in [0, 0.1) is 5.41 Å². The summed E-state index contributed by atoms with van der Waals surface area (Å²) in [6, 6.07) is 5.62. The van der Waals surface area contributed by atoms with Gasteiger partial charge in [0.25, 0.3) is 0 Å². The minimum atomic E-state index is -0.283. The Morgan fingerprint density at radius 3 is 2.59 bits per heavy atom. The minimum Gasteiger partial charge on any atom is -0.483 e. The highest BCUT2D eigenvalue weighted by molar-refractivity contribution is 5.95. The van der Waals surface area contributed by atoms with Crippen molar-refractivity contribution in [1.82, 2.24) is 0 Å². The fraction of sp³-hybridized carbons (Fsp3) is 0.545. The second-order valence-electron chi connectivity index (χ2n) is 7.34. The number of nitrogen functional groups attached to an aromatic ring is 1. The van der Waals surface area contributed by atoms with Crippen molar-refractivity contribution in [3.63, 3.8) is 0 Å². The lowest BCUT2D eigenvalue weighted by molar-refractivity contribution is -0.143. The Labute approximate surface area is 162 Å². The second kappa shape index (κ2) is 10.1. The predicted molar refractivity (Wildman–Crippen MR) is 109 cm³/mol. The number of ether oxygens (including phenoxy) is 2. The SMILES string of the molecule is CCOC(=O)CCCCCCCCC1(C)C=Cc2cc(C(=N)N)ccc2O1. The number of carbonyl (C=O) groups is 1. The lowest BCUT2D eigenvalue weighted by Crippen LogP contribution is -2.31. The van der Waals surface area contributed by atoms with Gasteiger partial charge in [-0.15, -0.1) is 0 Å². The zero-order valence-electron chi connectivity index (χ0n) is 16.6. The molecule has 0 fully saturated rings. The van der Waals surface area contributed by atoms with Gasteiger partial charge in [0.2, 0.25) is 0 Å². The highest BCUT2D eigenvalue weighted by Crippen LogP contribution is 2.34. The minimum absolute atomic E-state index is 0.0711. The van der Waals surface area contributed by atoms with E-state index in [0.717, 1.165) is 43.4 Å². The average molecular weight is 373 g/mol. The molecule has 0 saturated heterocycles. The third-order valence-corrected chi connectivity index (χ3v) is 4.89. The first-order valence-corrected chi connectivity index (χ1v) is 9.96. The van der Waals surface area contributed by atoms with Crippen LogP contribution in [0.3, 0.4) is 0 Å². The van der Waals surface area contributed by atoms with Crippen LogP contribution in [0.2, 0.25) is 0 Å². The van der Waals surface area contributed by atoms with Gasteiger partial charge in [-0.25, -0.2) is 0 Å². The molecule has 0 spiro atoms. The van der Waals surface area contributed by atoms with Crippen LogP contribution < -0.4 is 10.5 Å². The standard InChI is InChI=1S/C22H32N2O3/c1-3-26-20(25)10-8-6-4-5-7-9-14-22(2)15-13-17-16-18(21(23)24)11-12-19(17)27-22/h11-13,15-16H,3-10,14H2,1-2H3,(H3,23,24). The zero-order chi connectivity index (χ0) is 19.7.